The number of nitrogens with zero attached hydrogens (tertiary/aromatic N) is 1. The number of carbonyl (C=O) groups is 1. The maximum Gasteiger partial charge on any atom is 0.245 e. The highest BCUT2D eigenvalue weighted by atomic mass is 35.5. The molecule has 0 atom stereocenters. The van der Waals surface area contributed by atoms with Crippen molar-refractivity contribution < 1.29 is 22.7 Å². The van der Waals surface area contributed by atoms with Gasteiger partial charge in [-0.1, -0.05) is 29.8 Å². The summed E-state index contributed by atoms with van der Waals surface area (Å²) in [7, 11) is -2.21. The molecule has 0 spiro atoms. The molecule has 0 heterocycles. The predicted octanol–water partition coefficient (Wildman–Crippen LogP) is 4.55. The van der Waals surface area contributed by atoms with Crippen LogP contribution in [-0.4, -0.2) is 34.2 Å². The standard InChI is InChI=1S/C22H21ClN2O5S/c1-29-18-11-9-17(10-12-18)25(31(2,27)28)15-22(26)24-20-14-16(23)8-13-21(20)30-19-6-4-3-5-7-19/h3-14H,15H2,1-2H3,(H,24,26). The van der Waals surface area contributed by atoms with E-state index >= 15 is 0 Å². The molecule has 0 saturated heterocycles. The number of nitrogens with one attached hydrogen (secondary N) is 1. The molecule has 0 radical (unpaired) electrons. The highest BCUT2D eigenvalue weighted by Gasteiger charge is 2.22. The van der Waals surface area contributed by atoms with Crippen molar-refractivity contribution in [2.45, 2.75) is 0 Å². The van der Waals surface area contributed by atoms with E-state index in [1.54, 1.807) is 48.5 Å². The lowest BCUT2D eigenvalue weighted by molar-refractivity contribution is -0.114. The summed E-state index contributed by atoms with van der Waals surface area (Å²) in [5, 5.41) is 3.08. The van der Waals surface area contributed by atoms with E-state index in [1.807, 2.05) is 18.2 Å². The smallest absolute Gasteiger partial charge is 0.245 e. The van der Waals surface area contributed by atoms with Gasteiger partial charge in [-0.3, -0.25) is 9.10 Å². The molecular weight excluding hydrogens is 440 g/mol. The van der Waals surface area contributed by atoms with Gasteiger partial charge in [0.05, 0.1) is 24.7 Å². The van der Waals surface area contributed by atoms with Crippen LogP contribution in [0.25, 0.3) is 0 Å². The van der Waals surface area contributed by atoms with Crippen LogP contribution in [0.4, 0.5) is 11.4 Å². The van der Waals surface area contributed by atoms with E-state index in [0.29, 0.717) is 33.6 Å². The van der Waals surface area contributed by atoms with E-state index in [9.17, 15) is 13.2 Å². The van der Waals surface area contributed by atoms with Crippen molar-refractivity contribution in [1.29, 1.82) is 0 Å². The molecule has 9 heteroatoms. The second-order valence-corrected chi connectivity index (χ2v) is 8.91. The molecule has 3 rings (SSSR count). The number of hydrogen-bond donors (Lipinski definition) is 1. The van der Waals surface area contributed by atoms with Crippen molar-refractivity contribution in [3.8, 4) is 17.2 Å². The lowest BCUT2D eigenvalue weighted by atomic mass is 10.2. The van der Waals surface area contributed by atoms with Gasteiger partial charge in [-0.15, -0.1) is 0 Å². The Bertz CT molecular complexity index is 1150. The number of amides is 1. The number of hydrogen-bond acceptors (Lipinski definition) is 5. The number of anilines is 2. The van der Waals surface area contributed by atoms with Crippen molar-refractivity contribution in [2.75, 3.05) is 29.5 Å². The summed E-state index contributed by atoms with van der Waals surface area (Å²) in [5.41, 5.74) is 0.662. The Kier molecular flexibility index (Phi) is 7.04. The van der Waals surface area contributed by atoms with E-state index in [1.165, 1.54) is 13.2 Å². The highest BCUT2D eigenvalue weighted by Crippen LogP contribution is 2.32. The summed E-state index contributed by atoms with van der Waals surface area (Å²) < 4.78 is 36.5. The lowest BCUT2D eigenvalue weighted by Crippen LogP contribution is -2.37. The van der Waals surface area contributed by atoms with Gasteiger partial charge in [-0.2, -0.15) is 0 Å². The highest BCUT2D eigenvalue weighted by molar-refractivity contribution is 7.92. The molecule has 3 aromatic rings. The van der Waals surface area contributed by atoms with Crippen molar-refractivity contribution >= 4 is 38.9 Å². The van der Waals surface area contributed by atoms with Crippen LogP contribution >= 0.6 is 11.6 Å². The largest absolute Gasteiger partial charge is 0.497 e. The second-order valence-electron chi connectivity index (χ2n) is 6.57. The van der Waals surface area contributed by atoms with Crippen molar-refractivity contribution in [3.05, 3.63) is 77.8 Å². The molecule has 0 fully saturated rings. The summed E-state index contributed by atoms with van der Waals surface area (Å²) in [5.74, 6) is 0.973. The quantitative estimate of drug-likeness (QED) is 0.533. The molecule has 3 aromatic carbocycles. The number of rotatable bonds is 8. The van der Waals surface area contributed by atoms with Crippen LogP contribution in [0.5, 0.6) is 17.2 Å². The van der Waals surface area contributed by atoms with Crippen LogP contribution in [0.2, 0.25) is 5.02 Å². The van der Waals surface area contributed by atoms with E-state index in [4.69, 9.17) is 21.1 Å². The third-order valence-corrected chi connectivity index (χ3v) is 5.61. The fraction of sp³-hybridized carbons (Fsp3) is 0.136. The topological polar surface area (TPSA) is 84.9 Å². The molecule has 31 heavy (non-hydrogen) atoms. The number of ether oxygens (including phenoxy) is 2. The van der Waals surface area contributed by atoms with E-state index < -0.39 is 22.5 Å². The molecule has 0 aromatic heterocycles. The molecule has 162 valence electrons. The second kappa shape index (κ2) is 9.72. The fourth-order valence-electron chi connectivity index (χ4n) is 2.77. The minimum absolute atomic E-state index is 0.324. The van der Waals surface area contributed by atoms with Gasteiger partial charge in [-0.25, -0.2) is 8.42 Å². The number of benzene rings is 3. The first-order valence-corrected chi connectivity index (χ1v) is 11.4. The molecule has 0 aliphatic heterocycles. The van der Waals surface area contributed by atoms with Gasteiger partial charge >= 0.3 is 0 Å². The zero-order valence-electron chi connectivity index (χ0n) is 16.9. The first-order chi connectivity index (χ1) is 14.8. The minimum atomic E-state index is -3.72. The Morgan fingerprint density at radius 2 is 1.68 bits per heavy atom. The van der Waals surface area contributed by atoms with Gasteiger partial charge in [0.2, 0.25) is 15.9 Å². The van der Waals surface area contributed by atoms with Gasteiger partial charge in [0, 0.05) is 5.02 Å². The van der Waals surface area contributed by atoms with Gasteiger partial charge in [0.15, 0.2) is 5.75 Å². The van der Waals surface area contributed by atoms with Crippen molar-refractivity contribution in [2.24, 2.45) is 0 Å². The van der Waals surface area contributed by atoms with Crippen LogP contribution in [0, 0.1) is 0 Å². The van der Waals surface area contributed by atoms with Gasteiger partial charge < -0.3 is 14.8 Å². The Balaban J connectivity index is 1.81. The SMILES string of the molecule is COc1ccc(N(CC(=O)Nc2cc(Cl)ccc2Oc2ccccc2)S(C)(=O)=O)cc1. The maximum atomic E-state index is 12.7. The summed E-state index contributed by atoms with van der Waals surface area (Å²) in [6.45, 7) is -0.428. The van der Waals surface area contributed by atoms with Crippen LogP contribution in [0.15, 0.2) is 72.8 Å². The van der Waals surface area contributed by atoms with E-state index in [0.717, 1.165) is 10.6 Å². The molecule has 0 aliphatic carbocycles. The predicted molar refractivity (Wildman–Crippen MR) is 122 cm³/mol. The van der Waals surface area contributed by atoms with Crippen LogP contribution in [-0.2, 0) is 14.8 Å². The average molecular weight is 461 g/mol. The first kappa shape index (κ1) is 22.5. The summed E-state index contributed by atoms with van der Waals surface area (Å²) in [6.07, 6.45) is 1.04. The lowest BCUT2D eigenvalue weighted by Gasteiger charge is -2.22. The minimum Gasteiger partial charge on any atom is -0.497 e. The molecule has 1 amide bonds. The van der Waals surface area contributed by atoms with Crippen molar-refractivity contribution in [1.82, 2.24) is 0 Å². The summed E-state index contributed by atoms with van der Waals surface area (Å²) in [6, 6.07) is 20.2. The van der Waals surface area contributed by atoms with E-state index in [2.05, 4.69) is 5.32 Å². The van der Waals surface area contributed by atoms with Crippen LogP contribution < -0.4 is 19.1 Å². The molecular formula is C22H21ClN2O5S. The summed E-state index contributed by atoms with van der Waals surface area (Å²) in [4.78, 5) is 12.7. The monoisotopic (exact) mass is 460 g/mol. The van der Waals surface area contributed by atoms with Gasteiger partial charge in [-0.05, 0) is 54.6 Å². The molecule has 0 aliphatic rings. The van der Waals surface area contributed by atoms with Gasteiger partial charge in [0.25, 0.3) is 0 Å². The number of sulfonamides is 1. The molecule has 0 bridgehead atoms. The molecule has 7 nitrogen and oxygen atoms in total. The Hall–Kier alpha value is -3.23. The third-order valence-electron chi connectivity index (χ3n) is 4.23. The van der Waals surface area contributed by atoms with Crippen molar-refractivity contribution in [3.63, 3.8) is 0 Å². The Labute approximate surface area is 186 Å². The zero-order valence-corrected chi connectivity index (χ0v) is 18.5. The Morgan fingerprint density at radius 3 is 2.29 bits per heavy atom. The molecule has 1 N–H and O–H groups in total. The van der Waals surface area contributed by atoms with E-state index in [-0.39, 0.29) is 0 Å². The number of carbonyl (C=O) groups excluding carboxylic acids is 1. The molecule has 0 unspecified atom stereocenters. The average Bonchev–Trinajstić information content (AvgIpc) is 2.74. The third kappa shape index (κ3) is 6.13. The Morgan fingerprint density at radius 1 is 1.00 bits per heavy atom. The number of para-hydroxylation sites is 1. The first-order valence-electron chi connectivity index (χ1n) is 9.20. The number of methoxy groups -OCH3 is 1. The molecule has 0 saturated carbocycles. The number of halogens is 1. The van der Waals surface area contributed by atoms with Gasteiger partial charge in [0.1, 0.15) is 18.0 Å². The normalized spacial score (nSPS) is 10.9. The van der Waals surface area contributed by atoms with Crippen LogP contribution in [0.1, 0.15) is 0 Å². The fourth-order valence-corrected chi connectivity index (χ4v) is 3.80. The van der Waals surface area contributed by atoms with Crippen LogP contribution in [0.3, 0.4) is 0 Å². The zero-order chi connectivity index (χ0) is 22.4. The maximum absolute atomic E-state index is 12.7. The summed E-state index contributed by atoms with van der Waals surface area (Å²) >= 11 is 6.08.